The third kappa shape index (κ3) is 3.16. The molecule has 0 bridgehead atoms. The smallest absolute Gasteiger partial charge is 0.253 e. The number of aliphatic hydroxyl groups excluding tert-OH is 1. The van der Waals surface area contributed by atoms with Crippen molar-refractivity contribution < 1.29 is 9.90 Å². The molecule has 0 fully saturated rings. The Morgan fingerprint density at radius 1 is 1.29 bits per heavy atom. The van der Waals surface area contributed by atoms with Gasteiger partial charge in [0.05, 0.1) is 12.2 Å². The molecule has 4 heteroatoms. The van der Waals surface area contributed by atoms with Crippen LogP contribution in [-0.4, -0.2) is 28.2 Å². The Kier molecular flexibility index (Phi) is 4.48. The molecule has 0 saturated carbocycles. The molecule has 0 aliphatic heterocycles. The predicted molar refractivity (Wildman–Crippen MR) is 84.0 cm³/mol. The van der Waals surface area contributed by atoms with E-state index in [0.717, 1.165) is 17.1 Å². The molecule has 2 rings (SSSR count). The average molecular weight is 286 g/mol. The molecule has 0 saturated heterocycles. The summed E-state index contributed by atoms with van der Waals surface area (Å²) in [4.78, 5) is 12.3. The summed E-state index contributed by atoms with van der Waals surface area (Å²) < 4.78 is 2.07. The van der Waals surface area contributed by atoms with Crippen LogP contribution in [0.1, 0.15) is 34.2 Å². The van der Waals surface area contributed by atoms with Crippen LogP contribution in [0.25, 0.3) is 5.69 Å². The second-order valence-electron chi connectivity index (χ2n) is 5.52. The Hall–Kier alpha value is -2.07. The molecule has 1 aromatic heterocycles. The van der Waals surface area contributed by atoms with Gasteiger partial charge in [-0.15, -0.1) is 0 Å². The van der Waals surface area contributed by atoms with Gasteiger partial charge in [-0.2, -0.15) is 0 Å². The normalized spacial score (nSPS) is 12.2. The molecule has 21 heavy (non-hydrogen) atoms. The van der Waals surface area contributed by atoms with E-state index in [1.54, 1.807) is 6.92 Å². The number of carbonyl (C=O) groups excluding carboxylic acids is 1. The molecule has 0 aliphatic rings. The van der Waals surface area contributed by atoms with Crippen molar-refractivity contribution in [2.75, 3.05) is 6.61 Å². The quantitative estimate of drug-likeness (QED) is 0.907. The van der Waals surface area contributed by atoms with Gasteiger partial charge in [0.15, 0.2) is 0 Å². The van der Waals surface area contributed by atoms with Crippen molar-refractivity contribution >= 4 is 5.91 Å². The average Bonchev–Trinajstić information content (AvgIpc) is 2.74. The van der Waals surface area contributed by atoms with Gasteiger partial charge in [0.25, 0.3) is 5.91 Å². The highest BCUT2D eigenvalue weighted by molar-refractivity contribution is 5.96. The topological polar surface area (TPSA) is 54.3 Å². The first-order chi connectivity index (χ1) is 9.93. The van der Waals surface area contributed by atoms with Crippen LogP contribution in [0.3, 0.4) is 0 Å². The van der Waals surface area contributed by atoms with E-state index in [4.69, 9.17) is 5.11 Å². The number of amides is 1. The van der Waals surface area contributed by atoms with E-state index in [2.05, 4.69) is 16.0 Å². The minimum atomic E-state index is -0.250. The molecule has 112 valence electrons. The van der Waals surface area contributed by atoms with Crippen LogP contribution in [0, 0.1) is 20.8 Å². The highest BCUT2D eigenvalue weighted by Crippen LogP contribution is 2.21. The zero-order chi connectivity index (χ0) is 15.6. The van der Waals surface area contributed by atoms with Gasteiger partial charge in [0.1, 0.15) is 0 Å². The number of rotatable bonds is 4. The molecular weight excluding hydrogens is 264 g/mol. The van der Waals surface area contributed by atoms with Gasteiger partial charge in [-0.05, 0) is 51.5 Å². The van der Waals surface area contributed by atoms with Crippen LogP contribution >= 0.6 is 0 Å². The first-order valence-corrected chi connectivity index (χ1v) is 7.11. The van der Waals surface area contributed by atoms with E-state index in [1.165, 1.54) is 5.56 Å². The number of hydrogen-bond acceptors (Lipinski definition) is 2. The molecule has 0 spiro atoms. The van der Waals surface area contributed by atoms with Crippen LogP contribution in [0.4, 0.5) is 0 Å². The zero-order valence-corrected chi connectivity index (χ0v) is 13.0. The Bertz CT molecular complexity index is 659. The molecule has 2 N–H and O–H groups in total. The third-order valence-corrected chi connectivity index (χ3v) is 3.59. The van der Waals surface area contributed by atoms with E-state index in [1.807, 2.05) is 45.0 Å². The van der Waals surface area contributed by atoms with Crippen LogP contribution < -0.4 is 5.32 Å². The first-order valence-electron chi connectivity index (χ1n) is 7.11. The lowest BCUT2D eigenvalue weighted by Crippen LogP contribution is -2.35. The van der Waals surface area contributed by atoms with Crippen molar-refractivity contribution in [1.29, 1.82) is 0 Å². The van der Waals surface area contributed by atoms with Crippen molar-refractivity contribution in [2.45, 2.75) is 33.7 Å². The molecular formula is C17H22N2O2. The molecule has 1 aromatic carbocycles. The number of carbonyl (C=O) groups is 1. The van der Waals surface area contributed by atoms with Gasteiger partial charge < -0.3 is 15.0 Å². The largest absolute Gasteiger partial charge is 0.394 e. The number of aryl methyl sites for hydroxylation is 2. The zero-order valence-electron chi connectivity index (χ0n) is 13.0. The first kappa shape index (κ1) is 15.3. The summed E-state index contributed by atoms with van der Waals surface area (Å²) >= 11 is 0. The molecule has 0 radical (unpaired) electrons. The third-order valence-electron chi connectivity index (χ3n) is 3.59. The minimum Gasteiger partial charge on any atom is -0.394 e. The van der Waals surface area contributed by atoms with Crippen molar-refractivity contribution in [3.63, 3.8) is 0 Å². The monoisotopic (exact) mass is 286 g/mol. The molecule has 1 atom stereocenters. The highest BCUT2D eigenvalue weighted by atomic mass is 16.3. The van der Waals surface area contributed by atoms with Gasteiger partial charge in [-0.25, -0.2) is 0 Å². The molecule has 2 aromatic rings. The van der Waals surface area contributed by atoms with E-state index in [-0.39, 0.29) is 18.6 Å². The van der Waals surface area contributed by atoms with Gasteiger partial charge in [0, 0.05) is 23.1 Å². The standard InChI is InChI=1S/C17H22N2O2/c1-11-6-5-7-15(8-11)19-13(3)9-16(14(19)4)17(21)18-12(2)10-20/h5-9,12,20H,10H2,1-4H3,(H,18,21). The van der Waals surface area contributed by atoms with E-state index in [9.17, 15) is 4.79 Å². The van der Waals surface area contributed by atoms with Crippen molar-refractivity contribution in [1.82, 2.24) is 9.88 Å². The fraction of sp³-hybridized carbons (Fsp3) is 0.353. The van der Waals surface area contributed by atoms with Crippen LogP contribution in [-0.2, 0) is 0 Å². The second kappa shape index (κ2) is 6.14. The minimum absolute atomic E-state index is 0.0671. The Morgan fingerprint density at radius 2 is 2.00 bits per heavy atom. The SMILES string of the molecule is Cc1cccc(-n2c(C)cc(C(=O)NC(C)CO)c2C)c1. The molecule has 4 nitrogen and oxygen atoms in total. The fourth-order valence-corrected chi connectivity index (χ4v) is 2.50. The van der Waals surface area contributed by atoms with Gasteiger partial charge in [-0.3, -0.25) is 4.79 Å². The summed E-state index contributed by atoms with van der Waals surface area (Å²) in [5.74, 6) is -0.149. The van der Waals surface area contributed by atoms with Gasteiger partial charge >= 0.3 is 0 Å². The maximum atomic E-state index is 12.3. The van der Waals surface area contributed by atoms with E-state index >= 15 is 0 Å². The van der Waals surface area contributed by atoms with Crippen LogP contribution in [0.2, 0.25) is 0 Å². The number of nitrogens with one attached hydrogen (secondary N) is 1. The molecule has 1 amide bonds. The van der Waals surface area contributed by atoms with Crippen LogP contribution in [0.5, 0.6) is 0 Å². The number of aromatic nitrogens is 1. The number of benzene rings is 1. The summed E-state index contributed by atoms with van der Waals surface area (Å²) in [7, 11) is 0. The maximum Gasteiger partial charge on any atom is 0.253 e. The maximum absolute atomic E-state index is 12.3. The number of aliphatic hydroxyl groups is 1. The van der Waals surface area contributed by atoms with Gasteiger partial charge in [-0.1, -0.05) is 12.1 Å². The second-order valence-corrected chi connectivity index (χ2v) is 5.52. The summed E-state index contributed by atoms with van der Waals surface area (Å²) in [5.41, 5.74) is 4.80. The van der Waals surface area contributed by atoms with Crippen molar-refractivity contribution in [3.05, 3.63) is 52.8 Å². The summed E-state index contributed by atoms with van der Waals surface area (Å²) in [6.07, 6.45) is 0. The number of nitrogens with zero attached hydrogens (tertiary/aromatic N) is 1. The van der Waals surface area contributed by atoms with Gasteiger partial charge in [0.2, 0.25) is 0 Å². The highest BCUT2D eigenvalue weighted by Gasteiger charge is 2.17. The predicted octanol–water partition coefficient (Wildman–Crippen LogP) is 2.51. The molecule has 1 heterocycles. The summed E-state index contributed by atoms with van der Waals surface area (Å²) in [5, 5.41) is 11.8. The summed E-state index contributed by atoms with van der Waals surface area (Å²) in [6, 6.07) is 9.82. The van der Waals surface area contributed by atoms with E-state index < -0.39 is 0 Å². The summed E-state index contributed by atoms with van der Waals surface area (Å²) in [6.45, 7) is 7.68. The van der Waals surface area contributed by atoms with Crippen molar-refractivity contribution in [3.8, 4) is 5.69 Å². The Labute approximate surface area is 125 Å². The Morgan fingerprint density at radius 3 is 2.62 bits per heavy atom. The molecule has 0 aliphatic carbocycles. The fourth-order valence-electron chi connectivity index (χ4n) is 2.50. The number of hydrogen-bond donors (Lipinski definition) is 2. The lowest BCUT2D eigenvalue weighted by atomic mass is 10.2. The van der Waals surface area contributed by atoms with Crippen LogP contribution in [0.15, 0.2) is 30.3 Å². The Balaban J connectivity index is 2.40. The van der Waals surface area contributed by atoms with E-state index in [0.29, 0.717) is 5.56 Å². The van der Waals surface area contributed by atoms with Crippen molar-refractivity contribution in [2.24, 2.45) is 0 Å². The molecule has 1 unspecified atom stereocenters. The lowest BCUT2D eigenvalue weighted by Gasteiger charge is -2.12. The lowest BCUT2D eigenvalue weighted by molar-refractivity contribution is 0.0921.